The Kier molecular flexibility index (Phi) is 4.90. The lowest BCUT2D eigenvalue weighted by Crippen LogP contribution is -2.36. The zero-order chi connectivity index (χ0) is 12.8. The van der Waals surface area contributed by atoms with E-state index in [2.05, 4.69) is 4.98 Å². The zero-order valence-electron chi connectivity index (χ0n) is 10.6. The molecule has 94 valence electrons. The van der Waals surface area contributed by atoms with Crippen LogP contribution in [-0.4, -0.2) is 54.7 Å². The number of aromatic nitrogens is 1. The van der Waals surface area contributed by atoms with E-state index in [-0.39, 0.29) is 6.54 Å². The van der Waals surface area contributed by atoms with Crippen LogP contribution in [0.3, 0.4) is 0 Å². The van der Waals surface area contributed by atoms with Crippen molar-refractivity contribution in [3.05, 3.63) is 23.9 Å². The Morgan fingerprint density at radius 3 is 2.53 bits per heavy atom. The van der Waals surface area contributed by atoms with Crippen molar-refractivity contribution < 1.29 is 9.90 Å². The number of aliphatic carboxylic acids is 1. The van der Waals surface area contributed by atoms with Crippen molar-refractivity contribution in [2.75, 3.05) is 38.6 Å². The molecule has 0 fully saturated rings. The van der Waals surface area contributed by atoms with Gasteiger partial charge in [0.2, 0.25) is 0 Å². The second-order valence-electron chi connectivity index (χ2n) is 4.31. The lowest BCUT2D eigenvalue weighted by Gasteiger charge is -2.23. The monoisotopic (exact) mass is 237 g/mol. The first-order valence-electron chi connectivity index (χ1n) is 5.53. The molecule has 1 heterocycles. The van der Waals surface area contributed by atoms with Gasteiger partial charge in [-0.1, -0.05) is 6.07 Å². The van der Waals surface area contributed by atoms with Gasteiger partial charge < -0.3 is 14.9 Å². The number of carboxylic acids is 1. The van der Waals surface area contributed by atoms with E-state index in [0.717, 1.165) is 12.1 Å². The molecule has 1 rings (SSSR count). The predicted molar refractivity (Wildman–Crippen MR) is 67.4 cm³/mol. The Labute approximate surface area is 102 Å². The number of rotatable bonds is 6. The number of hydrogen-bond acceptors (Lipinski definition) is 4. The van der Waals surface area contributed by atoms with E-state index in [1.54, 1.807) is 11.1 Å². The fourth-order valence-corrected chi connectivity index (χ4v) is 1.41. The number of carbonyl (C=O) groups is 1. The smallest absolute Gasteiger partial charge is 0.323 e. The van der Waals surface area contributed by atoms with Gasteiger partial charge in [-0.3, -0.25) is 4.79 Å². The molecule has 0 amide bonds. The van der Waals surface area contributed by atoms with E-state index < -0.39 is 5.97 Å². The second kappa shape index (κ2) is 6.20. The normalized spacial score (nSPS) is 10.6. The van der Waals surface area contributed by atoms with E-state index in [9.17, 15) is 4.79 Å². The molecule has 0 saturated heterocycles. The summed E-state index contributed by atoms with van der Waals surface area (Å²) in [7, 11) is 3.92. The first-order chi connectivity index (χ1) is 7.99. The molecule has 0 bridgehead atoms. The minimum Gasteiger partial charge on any atom is -0.480 e. The average molecular weight is 237 g/mol. The van der Waals surface area contributed by atoms with Crippen molar-refractivity contribution in [3.63, 3.8) is 0 Å². The van der Waals surface area contributed by atoms with Gasteiger partial charge in [-0.25, -0.2) is 4.98 Å². The molecule has 1 N–H and O–H groups in total. The Balaban J connectivity index is 2.74. The number of likely N-dealkylation sites (N-methyl/N-ethyl adjacent to an activating group) is 1. The standard InChI is InChI=1S/C12H19N3O2/c1-10-4-5-11(13-8-10)15(9-12(16)17)7-6-14(2)3/h4-5,8H,6-7,9H2,1-3H3,(H,16,17). The summed E-state index contributed by atoms with van der Waals surface area (Å²) >= 11 is 0. The highest BCUT2D eigenvalue weighted by Crippen LogP contribution is 2.10. The van der Waals surface area contributed by atoms with E-state index in [4.69, 9.17) is 5.11 Å². The van der Waals surface area contributed by atoms with Crippen LogP contribution >= 0.6 is 0 Å². The fourth-order valence-electron chi connectivity index (χ4n) is 1.41. The van der Waals surface area contributed by atoms with E-state index in [0.29, 0.717) is 12.4 Å². The maximum atomic E-state index is 10.8. The molecule has 0 aromatic carbocycles. The lowest BCUT2D eigenvalue weighted by atomic mass is 10.3. The highest BCUT2D eigenvalue weighted by Gasteiger charge is 2.11. The minimum atomic E-state index is -0.842. The van der Waals surface area contributed by atoms with Crippen LogP contribution in [0, 0.1) is 6.92 Å². The van der Waals surface area contributed by atoms with Crippen molar-refractivity contribution in [2.24, 2.45) is 0 Å². The van der Waals surface area contributed by atoms with Gasteiger partial charge in [0.05, 0.1) is 0 Å². The van der Waals surface area contributed by atoms with Crippen LogP contribution in [0.4, 0.5) is 5.82 Å². The molecule has 0 aliphatic rings. The van der Waals surface area contributed by atoms with Crippen LogP contribution in [0.5, 0.6) is 0 Å². The van der Waals surface area contributed by atoms with Gasteiger partial charge >= 0.3 is 5.97 Å². The molecule has 0 unspecified atom stereocenters. The van der Waals surface area contributed by atoms with E-state index in [1.165, 1.54) is 0 Å². The molecule has 5 nitrogen and oxygen atoms in total. The molecule has 0 saturated carbocycles. The molecule has 0 atom stereocenters. The summed E-state index contributed by atoms with van der Waals surface area (Å²) in [5.41, 5.74) is 1.07. The van der Waals surface area contributed by atoms with Crippen LogP contribution in [0.2, 0.25) is 0 Å². The van der Waals surface area contributed by atoms with Gasteiger partial charge in [0, 0.05) is 19.3 Å². The highest BCUT2D eigenvalue weighted by atomic mass is 16.4. The molecular formula is C12H19N3O2. The molecule has 0 aliphatic heterocycles. The van der Waals surface area contributed by atoms with E-state index in [1.807, 2.05) is 38.1 Å². The topological polar surface area (TPSA) is 56.7 Å². The van der Waals surface area contributed by atoms with E-state index >= 15 is 0 Å². The Hall–Kier alpha value is -1.62. The Morgan fingerprint density at radius 2 is 2.06 bits per heavy atom. The molecular weight excluding hydrogens is 218 g/mol. The second-order valence-corrected chi connectivity index (χ2v) is 4.31. The number of carboxylic acid groups (broad SMARTS) is 1. The van der Waals surface area contributed by atoms with Gasteiger partial charge in [0.25, 0.3) is 0 Å². The third-order valence-electron chi connectivity index (χ3n) is 2.36. The van der Waals surface area contributed by atoms with Gasteiger partial charge in [-0.05, 0) is 32.6 Å². The minimum absolute atomic E-state index is 0.0239. The number of nitrogens with zero attached hydrogens (tertiary/aromatic N) is 3. The maximum Gasteiger partial charge on any atom is 0.323 e. The zero-order valence-corrected chi connectivity index (χ0v) is 10.6. The number of anilines is 1. The summed E-state index contributed by atoms with van der Waals surface area (Å²) in [5, 5.41) is 8.88. The molecule has 1 aromatic rings. The van der Waals surface area contributed by atoms with Crippen LogP contribution in [0.25, 0.3) is 0 Å². The van der Waals surface area contributed by atoms with Gasteiger partial charge in [0.1, 0.15) is 12.4 Å². The molecule has 1 aromatic heterocycles. The molecule has 0 spiro atoms. The lowest BCUT2D eigenvalue weighted by molar-refractivity contribution is -0.135. The summed E-state index contributed by atoms with van der Waals surface area (Å²) in [6.45, 7) is 3.38. The maximum absolute atomic E-state index is 10.8. The first-order valence-corrected chi connectivity index (χ1v) is 5.53. The van der Waals surface area contributed by atoms with Crippen molar-refractivity contribution in [2.45, 2.75) is 6.92 Å². The first kappa shape index (κ1) is 13.4. The van der Waals surface area contributed by atoms with Crippen LogP contribution in [-0.2, 0) is 4.79 Å². The Bertz CT molecular complexity index is 363. The number of pyridine rings is 1. The summed E-state index contributed by atoms with van der Waals surface area (Å²) in [5.74, 6) is -0.133. The number of aryl methyl sites for hydroxylation is 1. The summed E-state index contributed by atoms with van der Waals surface area (Å²) in [6, 6.07) is 3.79. The highest BCUT2D eigenvalue weighted by molar-refractivity contribution is 5.73. The van der Waals surface area contributed by atoms with Crippen molar-refractivity contribution in [1.82, 2.24) is 9.88 Å². The third kappa shape index (κ3) is 4.82. The van der Waals surface area contributed by atoms with Crippen molar-refractivity contribution in [1.29, 1.82) is 0 Å². The quantitative estimate of drug-likeness (QED) is 0.794. The van der Waals surface area contributed by atoms with Crippen LogP contribution in [0.15, 0.2) is 18.3 Å². The molecule has 5 heteroatoms. The number of hydrogen-bond donors (Lipinski definition) is 1. The SMILES string of the molecule is Cc1ccc(N(CCN(C)C)CC(=O)O)nc1. The summed E-state index contributed by atoms with van der Waals surface area (Å²) < 4.78 is 0. The van der Waals surface area contributed by atoms with Crippen molar-refractivity contribution in [3.8, 4) is 0 Å². The van der Waals surface area contributed by atoms with Gasteiger partial charge in [-0.2, -0.15) is 0 Å². The van der Waals surface area contributed by atoms with Crippen LogP contribution < -0.4 is 4.90 Å². The molecule has 0 aliphatic carbocycles. The molecule has 17 heavy (non-hydrogen) atoms. The largest absolute Gasteiger partial charge is 0.480 e. The molecule has 0 radical (unpaired) electrons. The predicted octanol–water partition coefficient (Wildman–Crippen LogP) is 0.843. The van der Waals surface area contributed by atoms with Gasteiger partial charge in [0.15, 0.2) is 0 Å². The van der Waals surface area contributed by atoms with Crippen LogP contribution in [0.1, 0.15) is 5.56 Å². The third-order valence-corrected chi connectivity index (χ3v) is 2.36. The van der Waals surface area contributed by atoms with Gasteiger partial charge in [-0.15, -0.1) is 0 Å². The van der Waals surface area contributed by atoms with Crippen molar-refractivity contribution >= 4 is 11.8 Å². The summed E-state index contributed by atoms with van der Waals surface area (Å²) in [6.07, 6.45) is 1.75. The Morgan fingerprint density at radius 1 is 1.35 bits per heavy atom. The fraction of sp³-hybridized carbons (Fsp3) is 0.500. The average Bonchev–Trinajstić information content (AvgIpc) is 2.25. The summed E-state index contributed by atoms with van der Waals surface area (Å²) in [4.78, 5) is 18.8.